The van der Waals surface area contributed by atoms with Crippen LogP contribution in [0.4, 0.5) is 26.3 Å². The van der Waals surface area contributed by atoms with Crippen LogP contribution in [0.25, 0.3) is 11.3 Å². The van der Waals surface area contributed by atoms with Crippen molar-refractivity contribution in [2.24, 2.45) is 0 Å². The first-order chi connectivity index (χ1) is 13.1. The zero-order chi connectivity index (χ0) is 20.6. The van der Waals surface area contributed by atoms with E-state index in [9.17, 15) is 31.1 Å². The smallest absolute Gasteiger partial charge is 0.416 e. The molecule has 0 radical (unpaired) electrons. The molecule has 0 N–H and O–H groups in total. The van der Waals surface area contributed by atoms with E-state index < -0.39 is 34.9 Å². The molecule has 0 saturated heterocycles. The fourth-order valence-electron chi connectivity index (χ4n) is 2.33. The van der Waals surface area contributed by atoms with Crippen molar-refractivity contribution in [3.8, 4) is 22.8 Å². The highest BCUT2D eigenvalue weighted by molar-refractivity contribution is 9.10. The molecule has 0 unspecified atom stereocenters. The van der Waals surface area contributed by atoms with Crippen molar-refractivity contribution in [2.45, 2.75) is 6.18 Å². The summed E-state index contributed by atoms with van der Waals surface area (Å²) in [4.78, 5) is 10.8. The molecule has 146 valence electrons. The Labute approximate surface area is 161 Å². The Hall–Kier alpha value is -2.75. The van der Waals surface area contributed by atoms with Gasteiger partial charge in [-0.3, -0.25) is 4.79 Å². The van der Waals surface area contributed by atoms with Gasteiger partial charge in [-0.15, -0.1) is 0 Å². The van der Waals surface area contributed by atoms with E-state index in [0.29, 0.717) is 6.29 Å². The van der Waals surface area contributed by atoms with Crippen molar-refractivity contribution >= 4 is 22.2 Å². The summed E-state index contributed by atoms with van der Waals surface area (Å²) in [5, 5.41) is 0. The van der Waals surface area contributed by atoms with Gasteiger partial charge in [-0.2, -0.15) is 13.2 Å². The van der Waals surface area contributed by atoms with E-state index in [4.69, 9.17) is 9.15 Å². The number of furan rings is 1. The minimum absolute atomic E-state index is 0.0648. The molecule has 10 heteroatoms. The first-order valence-electron chi connectivity index (χ1n) is 7.38. The second kappa shape index (κ2) is 7.34. The average molecular weight is 465 g/mol. The second-order valence-corrected chi connectivity index (χ2v) is 6.31. The largest absolute Gasteiger partial charge is 0.453 e. The lowest BCUT2D eigenvalue weighted by molar-refractivity contribution is -0.138. The van der Waals surface area contributed by atoms with Crippen molar-refractivity contribution in [3.05, 3.63) is 69.6 Å². The predicted molar refractivity (Wildman–Crippen MR) is 88.6 cm³/mol. The lowest BCUT2D eigenvalue weighted by Gasteiger charge is -2.15. The van der Waals surface area contributed by atoms with E-state index >= 15 is 0 Å². The van der Waals surface area contributed by atoms with Gasteiger partial charge < -0.3 is 9.15 Å². The second-order valence-electron chi connectivity index (χ2n) is 5.45. The van der Waals surface area contributed by atoms with E-state index in [1.807, 2.05) is 0 Å². The minimum Gasteiger partial charge on any atom is -0.453 e. The van der Waals surface area contributed by atoms with Gasteiger partial charge in [0, 0.05) is 0 Å². The van der Waals surface area contributed by atoms with Gasteiger partial charge in [-0.05, 0) is 52.3 Å². The first kappa shape index (κ1) is 20.0. The van der Waals surface area contributed by atoms with Gasteiger partial charge in [0.05, 0.1) is 15.6 Å². The maximum absolute atomic E-state index is 14.1. The highest BCUT2D eigenvalue weighted by Gasteiger charge is 2.33. The Morgan fingerprint density at radius 3 is 2.14 bits per heavy atom. The van der Waals surface area contributed by atoms with Crippen LogP contribution in [0.15, 0.2) is 45.3 Å². The Morgan fingerprint density at radius 2 is 1.61 bits per heavy atom. The summed E-state index contributed by atoms with van der Waals surface area (Å²) in [6, 6.07) is 4.54. The Kier molecular flexibility index (Phi) is 5.24. The van der Waals surface area contributed by atoms with Crippen LogP contribution in [0.2, 0.25) is 0 Å². The van der Waals surface area contributed by atoms with Gasteiger partial charge in [0.25, 0.3) is 0 Å². The maximum atomic E-state index is 14.1. The molecule has 2 aromatic carbocycles. The molecule has 1 aromatic heterocycles. The van der Waals surface area contributed by atoms with Crippen LogP contribution in [0.3, 0.4) is 0 Å². The van der Waals surface area contributed by atoms with Crippen LogP contribution >= 0.6 is 15.9 Å². The van der Waals surface area contributed by atoms with Crippen molar-refractivity contribution in [1.82, 2.24) is 0 Å². The highest BCUT2D eigenvalue weighted by Crippen LogP contribution is 2.43. The first-order valence-corrected chi connectivity index (χ1v) is 8.18. The van der Waals surface area contributed by atoms with Gasteiger partial charge in [0.15, 0.2) is 35.2 Å². The van der Waals surface area contributed by atoms with Crippen molar-refractivity contribution in [1.29, 1.82) is 0 Å². The van der Waals surface area contributed by atoms with Crippen LogP contribution in [0.5, 0.6) is 11.5 Å². The summed E-state index contributed by atoms with van der Waals surface area (Å²) in [6.45, 7) is 0. The van der Waals surface area contributed by atoms with Gasteiger partial charge in [-0.1, -0.05) is 0 Å². The average Bonchev–Trinajstić information content (AvgIpc) is 3.07. The molecule has 0 aliphatic rings. The quantitative estimate of drug-likeness (QED) is 0.316. The number of carbonyl (C=O) groups is 1. The number of hydrogen-bond donors (Lipinski definition) is 0. The third-order valence-corrected chi connectivity index (χ3v) is 4.14. The van der Waals surface area contributed by atoms with Crippen LogP contribution in [-0.4, -0.2) is 6.29 Å². The van der Waals surface area contributed by atoms with Crippen LogP contribution in [-0.2, 0) is 6.18 Å². The summed E-state index contributed by atoms with van der Waals surface area (Å²) in [5.74, 6) is -5.61. The Bertz CT molecular complexity index is 1030. The van der Waals surface area contributed by atoms with Crippen molar-refractivity contribution in [3.63, 3.8) is 0 Å². The Morgan fingerprint density at radius 1 is 0.964 bits per heavy atom. The van der Waals surface area contributed by atoms with E-state index in [2.05, 4.69) is 15.9 Å². The normalized spacial score (nSPS) is 11.5. The number of rotatable bonds is 4. The molecule has 0 amide bonds. The molecule has 3 rings (SSSR count). The molecule has 0 fully saturated rings. The molecule has 3 aromatic rings. The van der Waals surface area contributed by atoms with Gasteiger partial charge in [-0.25, -0.2) is 13.2 Å². The lowest BCUT2D eigenvalue weighted by atomic mass is 10.1. The molecular weight excluding hydrogens is 458 g/mol. The fraction of sp³-hybridized carbons (Fsp3) is 0.0556. The maximum Gasteiger partial charge on any atom is 0.416 e. The van der Waals surface area contributed by atoms with Gasteiger partial charge in [0.2, 0.25) is 0 Å². The number of ether oxygens (including phenoxy) is 1. The Balaban J connectivity index is 2.12. The van der Waals surface area contributed by atoms with Crippen LogP contribution < -0.4 is 4.74 Å². The molecule has 28 heavy (non-hydrogen) atoms. The minimum atomic E-state index is -4.96. The third kappa shape index (κ3) is 3.91. The molecular formula is C18H7BrF6O3. The highest BCUT2D eigenvalue weighted by atomic mass is 79.9. The third-order valence-electron chi connectivity index (χ3n) is 3.55. The number of halogens is 7. The zero-order valence-electron chi connectivity index (χ0n) is 13.4. The van der Waals surface area contributed by atoms with E-state index in [-0.39, 0.29) is 39.4 Å². The van der Waals surface area contributed by atoms with Gasteiger partial charge in [0.1, 0.15) is 11.6 Å². The van der Waals surface area contributed by atoms with Crippen LogP contribution in [0.1, 0.15) is 16.1 Å². The van der Waals surface area contributed by atoms with Gasteiger partial charge >= 0.3 is 6.18 Å². The molecule has 3 nitrogen and oxygen atoms in total. The molecule has 0 bridgehead atoms. The zero-order valence-corrected chi connectivity index (χ0v) is 15.0. The van der Waals surface area contributed by atoms with E-state index in [1.54, 1.807) is 0 Å². The number of aldehydes is 1. The molecule has 0 spiro atoms. The lowest BCUT2D eigenvalue weighted by Crippen LogP contribution is -2.07. The number of benzene rings is 2. The summed E-state index contributed by atoms with van der Waals surface area (Å²) in [6.07, 6.45) is -4.57. The molecule has 1 heterocycles. The number of alkyl halides is 3. The van der Waals surface area contributed by atoms with Crippen molar-refractivity contribution < 1.29 is 40.3 Å². The van der Waals surface area contributed by atoms with E-state index in [0.717, 1.165) is 12.1 Å². The molecule has 0 aliphatic carbocycles. The molecule has 0 atom stereocenters. The van der Waals surface area contributed by atoms with Crippen molar-refractivity contribution in [2.75, 3.05) is 0 Å². The predicted octanol–water partition coefficient (Wildman–Crippen LogP) is 6.75. The van der Waals surface area contributed by atoms with Crippen LogP contribution in [0, 0.1) is 17.5 Å². The number of hydrogen-bond acceptors (Lipinski definition) is 3. The molecule has 0 aliphatic heterocycles. The SMILES string of the molecule is O=Cc1ccc(-c2cc(F)cc(Br)c2Oc2c(F)cc(C(F)(F)F)cc2F)o1. The summed E-state index contributed by atoms with van der Waals surface area (Å²) in [7, 11) is 0. The summed E-state index contributed by atoms with van der Waals surface area (Å²) >= 11 is 2.97. The summed E-state index contributed by atoms with van der Waals surface area (Å²) in [5.41, 5.74) is -1.66. The summed E-state index contributed by atoms with van der Waals surface area (Å²) < 4.78 is 90.2. The number of carbonyl (C=O) groups excluding carboxylic acids is 1. The topological polar surface area (TPSA) is 39.4 Å². The monoisotopic (exact) mass is 464 g/mol. The fourth-order valence-corrected chi connectivity index (χ4v) is 2.84. The van der Waals surface area contributed by atoms with E-state index in [1.165, 1.54) is 12.1 Å². The molecule has 0 saturated carbocycles. The standard InChI is InChI=1S/C18H7BrF6O3/c19-12-6-9(20)5-11(15-2-1-10(7-26)27-15)16(12)28-17-13(21)3-8(4-14(17)22)18(23,24)25/h1-7H.